The van der Waals surface area contributed by atoms with E-state index in [1.54, 1.807) is 13.0 Å². The van der Waals surface area contributed by atoms with Crippen LogP contribution < -0.4 is 0 Å². The molecule has 0 amide bonds. The summed E-state index contributed by atoms with van der Waals surface area (Å²) in [5.74, 6) is -3.37. The molecular weight excluding hydrogens is 367 g/mol. The van der Waals surface area contributed by atoms with Gasteiger partial charge in [-0.25, -0.2) is 14.6 Å². The zero-order valence-electron chi connectivity index (χ0n) is 15.6. The van der Waals surface area contributed by atoms with Crippen LogP contribution in [0, 0.1) is 12.9 Å². The molecule has 1 aromatic carbocycles. The number of aryl methyl sites for hydroxylation is 1. The zero-order valence-corrected chi connectivity index (χ0v) is 15.6. The van der Waals surface area contributed by atoms with E-state index in [0.717, 1.165) is 24.7 Å². The standard InChI is InChI=1S/C20H21FN2O5/c1-11-7-15(17(20(26)27)9-14(11)19(24)25)16-8-13(10-22-18(16)21)12(2)23-3-5-28-6-4-23/h7-10,12H,3-6H2,1-2H3,(H,24,25)(H,26,27). The van der Waals surface area contributed by atoms with Crippen LogP contribution in [0.3, 0.4) is 0 Å². The van der Waals surface area contributed by atoms with E-state index in [1.807, 2.05) is 6.92 Å². The number of pyridine rings is 1. The second-order valence-electron chi connectivity index (χ2n) is 6.75. The Morgan fingerprint density at radius 3 is 2.36 bits per heavy atom. The number of hydrogen-bond acceptors (Lipinski definition) is 5. The summed E-state index contributed by atoms with van der Waals surface area (Å²) in [6, 6.07) is 3.98. The Morgan fingerprint density at radius 2 is 1.75 bits per heavy atom. The van der Waals surface area contributed by atoms with Crippen LogP contribution in [0.1, 0.15) is 44.8 Å². The number of benzene rings is 1. The summed E-state index contributed by atoms with van der Waals surface area (Å²) in [7, 11) is 0. The lowest BCUT2D eigenvalue weighted by atomic mass is 9.93. The van der Waals surface area contributed by atoms with Gasteiger partial charge in [0, 0.05) is 36.5 Å². The van der Waals surface area contributed by atoms with Crippen LogP contribution in [-0.2, 0) is 4.74 Å². The number of carbonyl (C=O) groups is 2. The van der Waals surface area contributed by atoms with Crippen molar-refractivity contribution in [2.24, 2.45) is 0 Å². The van der Waals surface area contributed by atoms with E-state index in [0.29, 0.717) is 18.8 Å². The van der Waals surface area contributed by atoms with Gasteiger partial charge in [0.2, 0.25) is 5.95 Å². The summed E-state index contributed by atoms with van der Waals surface area (Å²) < 4.78 is 19.9. The van der Waals surface area contributed by atoms with Gasteiger partial charge in [0.15, 0.2) is 0 Å². The summed E-state index contributed by atoms with van der Waals surface area (Å²) in [5.41, 5.74) is 0.825. The highest BCUT2D eigenvalue weighted by Gasteiger charge is 2.23. The summed E-state index contributed by atoms with van der Waals surface area (Å²) in [4.78, 5) is 29.0. The number of nitrogens with zero attached hydrogens (tertiary/aromatic N) is 2. The molecule has 28 heavy (non-hydrogen) atoms. The average molecular weight is 388 g/mol. The highest BCUT2D eigenvalue weighted by molar-refractivity contribution is 6.00. The van der Waals surface area contributed by atoms with Crippen molar-refractivity contribution in [2.45, 2.75) is 19.9 Å². The monoisotopic (exact) mass is 388 g/mol. The highest BCUT2D eigenvalue weighted by atomic mass is 19.1. The van der Waals surface area contributed by atoms with Crippen LogP contribution in [0.15, 0.2) is 24.4 Å². The van der Waals surface area contributed by atoms with Crippen molar-refractivity contribution in [3.63, 3.8) is 0 Å². The fraction of sp³-hybridized carbons (Fsp3) is 0.350. The topological polar surface area (TPSA) is 100.0 Å². The van der Waals surface area contributed by atoms with Crippen molar-refractivity contribution in [1.29, 1.82) is 0 Å². The van der Waals surface area contributed by atoms with Crippen molar-refractivity contribution in [3.8, 4) is 11.1 Å². The number of carboxylic acid groups (broad SMARTS) is 2. The van der Waals surface area contributed by atoms with Gasteiger partial charge in [-0.1, -0.05) is 0 Å². The number of rotatable bonds is 5. The first kappa shape index (κ1) is 19.9. The third-order valence-corrected chi connectivity index (χ3v) is 5.05. The van der Waals surface area contributed by atoms with Gasteiger partial charge in [-0.15, -0.1) is 0 Å². The van der Waals surface area contributed by atoms with E-state index in [2.05, 4.69) is 9.88 Å². The van der Waals surface area contributed by atoms with Crippen molar-refractivity contribution in [2.75, 3.05) is 26.3 Å². The number of morpholine rings is 1. The molecule has 1 aromatic heterocycles. The van der Waals surface area contributed by atoms with Crippen LogP contribution in [0.5, 0.6) is 0 Å². The lowest BCUT2D eigenvalue weighted by Crippen LogP contribution is -2.38. The minimum absolute atomic E-state index is 0.0371. The molecule has 1 aliphatic rings. The third-order valence-electron chi connectivity index (χ3n) is 5.05. The van der Waals surface area contributed by atoms with Gasteiger partial charge >= 0.3 is 11.9 Å². The van der Waals surface area contributed by atoms with Gasteiger partial charge in [0.05, 0.1) is 24.3 Å². The van der Waals surface area contributed by atoms with E-state index >= 15 is 0 Å². The maximum absolute atomic E-state index is 14.5. The molecule has 1 atom stereocenters. The molecule has 7 nitrogen and oxygen atoms in total. The molecule has 0 bridgehead atoms. The highest BCUT2D eigenvalue weighted by Crippen LogP contribution is 2.32. The molecule has 0 spiro atoms. The lowest BCUT2D eigenvalue weighted by Gasteiger charge is -2.32. The van der Waals surface area contributed by atoms with E-state index in [-0.39, 0.29) is 28.3 Å². The number of carboxylic acids is 2. The Kier molecular flexibility index (Phi) is 5.71. The maximum atomic E-state index is 14.5. The van der Waals surface area contributed by atoms with E-state index in [9.17, 15) is 24.2 Å². The zero-order chi connectivity index (χ0) is 20.4. The molecular formula is C20H21FN2O5. The molecule has 0 aliphatic carbocycles. The molecule has 8 heteroatoms. The second-order valence-corrected chi connectivity index (χ2v) is 6.75. The first-order valence-electron chi connectivity index (χ1n) is 8.88. The van der Waals surface area contributed by atoms with E-state index in [4.69, 9.17) is 4.74 Å². The Labute approximate surface area is 161 Å². The van der Waals surface area contributed by atoms with Crippen LogP contribution in [0.25, 0.3) is 11.1 Å². The fourth-order valence-corrected chi connectivity index (χ4v) is 3.40. The average Bonchev–Trinajstić information content (AvgIpc) is 2.67. The molecule has 1 saturated heterocycles. The van der Waals surface area contributed by atoms with Crippen LogP contribution in [0.4, 0.5) is 4.39 Å². The molecule has 3 rings (SSSR count). The number of hydrogen-bond donors (Lipinski definition) is 2. The number of aromatic nitrogens is 1. The molecule has 2 aromatic rings. The minimum Gasteiger partial charge on any atom is -0.478 e. The molecule has 0 saturated carbocycles. The van der Waals surface area contributed by atoms with Crippen molar-refractivity contribution in [1.82, 2.24) is 9.88 Å². The molecule has 1 aliphatic heterocycles. The van der Waals surface area contributed by atoms with Gasteiger partial charge < -0.3 is 14.9 Å². The van der Waals surface area contributed by atoms with E-state index < -0.39 is 17.9 Å². The molecule has 1 unspecified atom stereocenters. The van der Waals surface area contributed by atoms with Crippen molar-refractivity contribution in [3.05, 3.63) is 52.6 Å². The summed E-state index contributed by atoms with van der Waals surface area (Å²) in [5, 5.41) is 18.8. The predicted molar refractivity (Wildman–Crippen MR) is 99.1 cm³/mol. The molecule has 2 N–H and O–H groups in total. The van der Waals surface area contributed by atoms with Crippen LogP contribution in [0.2, 0.25) is 0 Å². The Hall–Kier alpha value is -2.84. The second kappa shape index (κ2) is 8.04. The van der Waals surface area contributed by atoms with Gasteiger partial charge in [-0.05, 0) is 43.2 Å². The molecule has 148 valence electrons. The number of aromatic carboxylic acids is 2. The first-order chi connectivity index (χ1) is 13.3. The van der Waals surface area contributed by atoms with Gasteiger partial charge in [0.25, 0.3) is 0 Å². The molecule has 0 radical (unpaired) electrons. The summed E-state index contributed by atoms with van der Waals surface area (Å²) in [6.45, 7) is 6.22. The van der Waals surface area contributed by atoms with Crippen LogP contribution >= 0.6 is 0 Å². The quantitative estimate of drug-likeness (QED) is 0.760. The van der Waals surface area contributed by atoms with Crippen molar-refractivity contribution >= 4 is 11.9 Å². The summed E-state index contributed by atoms with van der Waals surface area (Å²) >= 11 is 0. The Bertz CT molecular complexity index is 925. The smallest absolute Gasteiger partial charge is 0.336 e. The Morgan fingerprint density at radius 1 is 1.11 bits per heavy atom. The first-order valence-corrected chi connectivity index (χ1v) is 8.88. The molecule has 1 fully saturated rings. The van der Waals surface area contributed by atoms with Crippen LogP contribution in [-0.4, -0.2) is 58.3 Å². The third kappa shape index (κ3) is 3.88. The van der Waals surface area contributed by atoms with Crippen molar-refractivity contribution < 1.29 is 28.9 Å². The van der Waals surface area contributed by atoms with Gasteiger partial charge in [-0.2, -0.15) is 4.39 Å². The van der Waals surface area contributed by atoms with E-state index in [1.165, 1.54) is 12.3 Å². The Balaban J connectivity index is 2.09. The summed E-state index contributed by atoms with van der Waals surface area (Å²) in [6.07, 6.45) is 1.44. The maximum Gasteiger partial charge on any atom is 0.336 e. The minimum atomic E-state index is -1.33. The SMILES string of the molecule is Cc1cc(-c2cc(C(C)N3CCOCC3)cnc2F)c(C(=O)O)cc1C(=O)O. The van der Waals surface area contributed by atoms with Gasteiger partial charge in [0.1, 0.15) is 0 Å². The normalized spacial score (nSPS) is 16.0. The fourth-order valence-electron chi connectivity index (χ4n) is 3.40. The largest absolute Gasteiger partial charge is 0.478 e. The molecule has 2 heterocycles. The number of ether oxygens (including phenoxy) is 1. The van der Waals surface area contributed by atoms with Gasteiger partial charge in [-0.3, -0.25) is 4.90 Å². The predicted octanol–water partition coefficient (Wildman–Crippen LogP) is 2.99. The number of halogens is 1. The lowest BCUT2D eigenvalue weighted by molar-refractivity contribution is 0.0198.